The van der Waals surface area contributed by atoms with Crippen LogP contribution >= 0.6 is 0 Å². The molecule has 1 N–H and O–H groups in total. The molecular weight excluding hydrogens is 280 g/mol. The predicted molar refractivity (Wildman–Crippen MR) is 83.5 cm³/mol. The Balaban J connectivity index is 1.92. The summed E-state index contributed by atoms with van der Waals surface area (Å²) in [6.45, 7) is 0. The number of hydrogen-bond donors (Lipinski definition) is 1. The zero-order chi connectivity index (χ0) is 15.7. The first kappa shape index (κ1) is 14.4. The van der Waals surface area contributed by atoms with Crippen LogP contribution in [-0.2, 0) is 10.2 Å². The molecule has 0 unspecified atom stereocenters. The maximum atomic E-state index is 11.4. The lowest BCUT2D eigenvalue weighted by Crippen LogP contribution is -2.19. The summed E-state index contributed by atoms with van der Waals surface area (Å²) >= 11 is 0. The Morgan fingerprint density at radius 3 is 2.05 bits per heavy atom. The summed E-state index contributed by atoms with van der Waals surface area (Å²) in [5.74, 6) is 0.630. The standard InChI is InChI=1S/C18H18O4/c1-21-15-8-5-13(11-16(15)22-2)12-3-6-14(7-4-12)18(9-10-18)17(19)20/h3-8,11H,9-10H2,1-2H3,(H,19,20). The van der Waals surface area contributed by atoms with Crippen LogP contribution in [0.1, 0.15) is 18.4 Å². The summed E-state index contributed by atoms with van der Waals surface area (Å²) in [5, 5.41) is 9.34. The molecule has 1 aliphatic carbocycles. The number of carboxylic acid groups (broad SMARTS) is 1. The van der Waals surface area contributed by atoms with Gasteiger partial charge in [0.1, 0.15) is 0 Å². The van der Waals surface area contributed by atoms with E-state index < -0.39 is 11.4 Å². The Labute approximate surface area is 129 Å². The van der Waals surface area contributed by atoms with Gasteiger partial charge in [-0.15, -0.1) is 0 Å². The number of carbonyl (C=O) groups is 1. The summed E-state index contributed by atoms with van der Waals surface area (Å²) in [7, 11) is 3.21. The highest BCUT2D eigenvalue weighted by Gasteiger charge is 2.51. The van der Waals surface area contributed by atoms with Crippen molar-refractivity contribution in [1.29, 1.82) is 0 Å². The molecule has 0 saturated heterocycles. The summed E-state index contributed by atoms with van der Waals surface area (Å²) in [6, 6.07) is 13.5. The molecule has 22 heavy (non-hydrogen) atoms. The van der Waals surface area contributed by atoms with Crippen LogP contribution in [0.25, 0.3) is 11.1 Å². The fourth-order valence-electron chi connectivity index (χ4n) is 2.75. The van der Waals surface area contributed by atoms with E-state index in [0.29, 0.717) is 11.5 Å². The van der Waals surface area contributed by atoms with Gasteiger partial charge in [0.05, 0.1) is 19.6 Å². The molecule has 1 fully saturated rings. The quantitative estimate of drug-likeness (QED) is 0.918. The topological polar surface area (TPSA) is 55.8 Å². The lowest BCUT2D eigenvalue weighted by molar-refractivity contribution is -0.140. The van der Waals surface area contributed by atoms with E-state index in [4.69, 9.17) is 9.47 Å². The molecule has 0 aliphatic heterocycles. The second-order valence-electron chi connectivity index (χ2n) is 5.53. The lowest BCUT2D eigenvalue weighted by atomic mass is 9.94. The molecule has 2 aromatic carbocycles. The van der Waals surface area contributed by atoms with Crippen LogP contribution in [0.2, 0.25) is 0 Å². The van der Waals surface area contributed by atoms with Crippen LogP contribution in [-0.4, -0.2) is 25.3 Å². The zero-order valence-electron chi connectivity index (χ0n) is 12.6. The number of methoxy groups -OCH3 is 2. The van der Waals surface area contributed by atoms with E-state index in [9.17, 15) is 9.90 Å². The van der Waals surface area contributed by atoms with Gasteiger partial charge in [0, 0.05) is 0 Å². The highest BCUT2D eigenvalue weighted by atomic mass is 16.5. The first-order valence-corrected chi connectivity index (χ1v) is 7.17. The minimum atomic E-state index is -0.730. The number of hydrogen-bond acceptors (Lipinski definition) is 3. The Bertz CT molecular complexity index is 700. The van der Waals surface area contributed by atoms with Gasteiger partial charge < -0.3 is 14.6 Å². The van der Waals surface area contributed by atoms with Gasteiger partial charge >= 0.3 is 5.97 Å². The van der Waals surface area contributed by atoms with Gasteiger partial charge in [-0.1, -0.05) is 30.3 Å². The van der Waals surface area contributed by atoms with Crippen molar-refractivity contribution in [3.63, 3.8) is 0 Å². The molecule has 1 aliphatic rings. The Morgan fingerprint density at radius 1 is 0.955 bits per heavy atom. The van der Waals surface area contributed by atoms with Crippen molar-refractivity contribution >= 4 is 5.97 Å². The van der Waals surface area contributed by atoms with Gasteiger partial charge in [-0.05, 0) is 41.7 Å². The van der Waals surface area contributed by atoms with Crippen molar-refractivity contribution in [3.05, 3.63) is 48.0 Å². The maximum Gasteiger partial charge on any atom is 0.314 e. The van der Waals surface area contributed by atoms with Crippen LogP contribution in [0.4, 0.5) is 0 Å². The number of carboxylic acids is 1. The highest BCUT2D eigenvalue weighted by Crippen LogP contribution is 2.48. The van der Waals surface area contributed by atoms with Gasteiger partial charge in [0.15, 0.2) is 11.5 Å². The van der Waals surface area contributed by atoms with Crippen LogP contribution < -0.4 is 9.47 Å². The van der Waals surface area contributed by atoms with Crippen LogP contribution in [0.15, 0.2) is 42.5 Å². The summed E-state index contributed by atoms with van der Waals surface area (Å²) in [5.41, 5.74) is 2.25. The Kier molecular flexibility index (Phi) is 3.53. The first-order valence-electron chi connectivity index (χ1n) is 7.17. The fraction of sp³-hybridized carbons (Fsp3) is 0.278. The van der Waals surface area contributed by atoms with Crippen LogP contribution in [0.5, 0.6) is 11.5 Å². The lowest BCUT2D eigenvalue weighted by Gasteiger charge is -2.12. The van der Waals surface area contributed by atoms with Crippen LogP contribution in [0.3, 0.4) is 0 Å². The highest BCUT2D eigenvalue weighted by molar-refractivity contribution is 5.85. The van der Waals surface area contributed by atoms with E-state index in [-0.39, 0.29) is 0 Å². The van der Waals surface area contributed by atoms with Gasteiger partial charge in [0.25, 0.3) is 0 Å². The van der Waals surface area contributed by atoms with E-state index in [1.165, 1.54) is 0 Å². The third kappa shape index (κ3) is 2.30. The fourth-order valence-corrected chi connectivity index (χ4v) is 2.75. The molecule has 4 heteroatoms. The molecule has 0 radical (unpaired) electrons. The Hall–Kier alpha value is -2.49. The van der Waals surface area contributed by atoms with Gasteiger partial charge in [-0.25, -0.2) is 0 Å². The average Bonchev–Trinajstić information content (AvgIpc) is 3.36. The number of aliphatic carboxylic acids is 1. The third-order valence-electron chi connectivity index (χ3n) is 4.31. The monoisotopic (exact) mass is 298 g/mol. The number of rotatable bonds is 5. The Morgan fingerprint density at radius 2 is 1.55 bits per heavy atom. The molecule has 4 nitrogen and oxygen atoms in total. The molecule has 1 saturated carbocycles. The second kappa shape index (κ2) is 5.37. The van der Waals surface area contributed by atoms with Crippen LogP contribution in [0, 0.1) is 0 Å². The molecule has 3 rings (SSSR count). The van der Waals surface area contributed by atoms with Gasteiger partial charge in [-0.2, -0.15) is 0 Å². The van der Waals surface area contributed by atoms with E-state index in [2.05, 4.69) is 0 Å². The number of ether oxygens (including phenoxy) is 2. The maximum absolute atomic E-state index is 11.4. The smallest absolute Gasteiger partial charge is 0.314 e. The molecular formula is C18H18O4. The minimum absolute atomic E-state index is 0.657. The molecule has 0 aromatic heterocycles. The van der Waals surface area contributed by atoms with Gasteiger partial charge in [0.2, 0.25) is 0 Å². The SMILES string of the molecule is COc1ccc(-c2ccc(C3(C(=O)O)CC3)cc2)cc1OC. The van der Waals surface area contributed by atoms with Crippen molar-refractivity contribution in [2.24, 2.45) is 0 Å². The summed E-state index contributed by atoms with van der Waals surface area (Å²) < 4.78 is 10.6. The molecule has 114 valence electrons. The van der Waals surface area contributed by atoms with Crippen molar-refractivity contribution in [2.45, 2.75) is 18.3 Å². The molecule has 0 heterocycles. The molecule has 0 spiro atoms. The minimum Gasteiger partial charge on any atom is -0.493 e. The second-order valence-corrected chi connectivity index (χ2v) is 5.53. The number of benzene rings is 2. The van der Waals surface area contributed by atoms with Crippen molar-refractivity contribution in [2.75, 3.05) is 14.2 Å². The predicted octanol–water partition coefficient (Wildman–Crippen LogP) is 3.49. The molecule has 0 amide bonds. The van der Waals surface area contributed by atoms with E-state index in [1.807, 2.05) is 42.5 Å². The third-order valence-corrected chi connectivity index (χ3v) is 4.31. The average molecular weight is 298 g/mol. The van der Waals surface area contributed by atoms with E-state index >= 15 is 0 Å². The molecule has 2 aromatic rings. The van der Waals surface area contributed by atoms with E-state index in [1.54, 1.807) is 14.2 Å². The first-order chi connectivity index (χ1) is 10.6. The van der Waals surface area contributed by atoms with E-state index in [0.717, 1.165) is 29.5 Å². The molecule has 0 bridgehead atoms. The normalized spacial score (nSPS) is 15.2. The van der Waals surface area contributed by atoms with Crippen molar-refractivity contribution < 1.29 is 19.4 Å². The molecule has 0 atom stereocenters. The largest absolute Gasteiger partial charge is 0.493 e. The zero-order valence-corrected chi connectivity index (χ0v) is 12.6. The summed E-state index contributed by atoms with van der Waals surface area (Å²) in [4.78, 5) is 11.4. The van der Waals surface area contributed by atoms with Gasteiger partial charge in [-0.3, -0.25) is 4.79 Å². The summed E-state index contributed by atoms with van der Waals surface area (Å²) in [6.07, 6.45) is 1.44. The van der Waals surface area contributed by atoms with Crippen molar-refractivity contribution in [1.82, 2.24) is 0 Å². The van der Waals surface area contributed by atoms with Crippen molar-refractivity contribution in [3.8, 4) is 22.6 Å².